The standard InChI is InChI=1S/C9H16N2O/c1-9(2,3)4-7(10)8-5-11-6-12-8/h5-7H,4,10H2,1-3H3. The van der Waals surface area contributed by atoms with Gasteiger partial charge in [0, 0.05) is 0 Å². The van der Waals surface area contributed by atoms with Crippen LogP contribution in [0, 0.1) is 5.41 Å². The molecular weight excluding hydrogens is 152 g/mol. The molecule has 3 heteroatoms. The second-order valence-electron chi connectivity index (χ2n) is 4.28. The van der Waals surface area contributed by atoms with Crippen molar-refractivity contribution in [1.82, 2.24) is 4.98 Å². The van der Waals surface area contributed by atoms with Gasteiger partial charge >= 0.3 is 0 Å². The van der Waals surface area contributed by atoms with E-state index >= 15 is 0 Å². The maximum absolute atomic E-state index is 5.89. The van der Waals surface area contributed by atoms with Crippen LogP contribution in [-0.2, 0) is 0 Å². The molecule has 1 atom stereocenters. The highest BCUT2D eigenvalue weighted by Crippen LogP contribution is 2.27. The van der Waals surface area contributed by atoms with Gasteiger partial charge in [0.1, 0.15) is 5.76 Å². The first kappa shape index (κ1) is 9.26. The summed E-state index contributed by atoms with van der Waals surface area (Å²) >= 11 is 0. The molecular formula is C9H16N2O. The number of hydrogen-bond donors (Lipinski definition) is 1. The topological polar surface area (TPSA) is 52.0 Å². The van der Waals surface area contributed by atoms with Crippen LogP contribution in [0.2, 0.25) is 0 Å². The van der Waals surface area contributed by atoms with Gasteiger partial charge in [-0.05, 0) is 11.8 Å². The van der Waals surface area contributed by atoms with E-state index in [2.05, 4.69) is 25.8 Å². The molecule has 0 saturated heterocycles. The van der Waals surface area contributed by atoms with E-state index in [1.54, 1.807) is 6.20 Å². The molecule has 0 aliphatic carbocycles. The highest BCUT2D eigenvalue weighted by molar-refractivity contribution is 4.97. The van der Waals surface area contributed by atoms with Crippen molar-refractivity contribution in [2.24, 2.45) is 11.1 Å². The zero-order valence-electron chi connectivity index (χ0n) is 7.87. The Morgan fingerprint density at radius 1 is 1.58 bits per heavy atom. The van der Waals surface area contributed by atoms with E-state index in [1.807, 2.05) is 0 Å². The first-order valence-electron chi connectivity index (χ1n) is 4.13. The van der Waals surface area contributed by atoms with Crippen molar-refractivity contribution < 1.29 is 4.42 Å². The molecule has 1 aromatic rings. The maximum atomic E-state index is 5.89. The van der Waals surface area contributed by atoms with Crippen LogP contribution in [0.25, 0.3) is 0 Å². The van der Waals surface area contributed by atoms with Gasteiger partial charge in [0.25, 0.3) is 0 Å². The molecule has 0 amide bonds. The van der Waals surface area contributed by atoms with Crippen molar-refractivity contribution >= 4 is 0 Å². The molecule has 0 saturated carbocycles. The predicted octanol–water partition coefficient (Wildman–Crippen LogP) is 2.11. The lowest BCUT2D eigenvalue weighted by molar-refractivity contribution is 0.317. The summed E-state index contributed by atoms with van der Waals surface area (Å²) in [5, 5.41) is 0. The quantitative estimate of drug-likeness (QED) is 0.735. The minimum absolute atomic E-state index is 0.0347. The van der Waals surface area contributed by atoms with Crippen molar-refractivity contribution in [3.8, 4) is 0 Å². The fourth-order valence-electron chi connectivity index (χ4n) is 1.17. The largest absolute Gasteiger partial charge is 0.447 e. The fourth-order valence-corrected chi connectivity index (χ4v) is 1.17. The summed E-state index contributed by atoms with van der Waals surface area (Å²) in [5.74, 6) is 0.768. The van der Waals surface area contributed by atoms with Gasteiger partial charge in [0.15, 0.2) is 6.39 Å². The molecule has 1 unspecified atom stereocenters. The third-order valence-electron chi connectivity index (χ3n) is 1.65. The van der Waals surface area contributed by atoms with Crippen molar-refractivity contribution in [2.45, 2.75) is 33.2 Å². The van der Waals surface area contributed by atoms with Gasteiger partial charge < -0.3 is 10.2 Å². The fraction of sp³-hybridized carbons (Fsp3) is 0.667. The molecule has 0 aliphatic rings. The van der Waals surface area contributed by atoms with Crippen molar-refractivity contribution in [1.29, 1.82) is 0 Å². The Hall–Kier alpha value is -0.830. The summed E-state index contributed by atoms with van der Waals surface area (Å²) in [6.45, 7) is 6.47. The Morgan fingerprint density at radius 3 is 2.67 bits per heavy atom. The summed E-state index contributed by atoms with van der Waals surface area (Å²) in [6, 6.07) is -0.0347. The number of hydrogen-bond acceptors (Lipinski definition) is 3. The van der Waals surface area contributed by atoms with E-state index in [0.29, 0.717) is 0 Å². The molecule has 1 rings (SSSR count). The van der Waals surface area contributed by atoms with Crippen LogP contribution < -0.4 is 5.73 Å². The molecule has 1 aromatic heterocycles. The lowest BCUT2D eigenvalue weighted by Crippen LogP contribution is -2.18. The van der Waals surface area contributed by atoms with Gasteiger partial charge in [0.05, 0.1) is 12.2 Å². The molecule has 0 spiro atoms. The summed E-state index contributed by atoms with van der Waals surface area (Å²) in [4.78, 5) is 3.83. The van der Waals surface area contributed by atoms with Crippen molar-refractivity contribution in [3.63, 3.8) is 0 Å². The van der Waals surface area contributed by atoms with Gasteiger partial charge in [-0.3, -0.25) is 0 Å². The minimum Gasteiger partial charge on any atom is -0.447 e. The third-order valence-corrected chi connectivity index (χ3v) is 1.65. The first-order chi connectivity index (χ1) is 5.49. The third kappa shape index (κ3) is 2.66. The summed E-state index contributed by atoms with van der Waals surface area (Å²) in [7, 11) is 0. The Bertz CT molecular complexity index is 223. The van der Waals surface area contributed by atoms with Crippen LogP contribution >= 0.6 is 0 Å². The number of aromatic nitrogens is 1. The summed E-state index contributed by atoms with van der Waals surface area (Å²) in [6.07, 6.45) is 4.00. The van der Waals surface area contributed by atoms with Gasteiger partial charge in [-0.1, -0.05) is 20.8 Å². The summed E-state index contributed by atoms with van der Waals surface area (Å²) in [5.41, 5.74) is 6.12. The van der Waals surface area contributed by atoms with Crippen LogP contribution in [-0.4, -0.2) is 4.98 Å². The molecule has 1 heterocycles. The Labute approximate surface area is 73.0 Å². The van der Waals surface area contributed by atoms with Gasteiger partial charge in [-0.25, -0.2) is 4.98 Å². The maximum Gasteiger partial charge on any atom is 0.180 e. The molecule has 0 aliphatic heterocycles. The lowest BCUT2D eigenvalue weighted by atomic mass is 9.88. The van der Waals surface area contributed by atoms with Gasteiger partial charge in [-0.2, -0.15) is 0 Å². The Balaban J connectivity index is 2.56. The smallest absolute Gasteiger partial charge is 0.180 e. The van der Waals surface area contributed by atoms with Crippen molar-refractivity contribution in [3.05, 3.63) is 18.4 Å². The normalized spacial score (nSPS) is 14.7. The van der Waals surface area contributed by atoms with Crippen LogP contribution in [0.15, 0.2) is 17.0 Å². The molecule has 0 bridgehead atoms. The number of oxazole rings is 1. The van der Waals surface area contributed by atoms with Gasteiger partial charge in [-0.15, -0.1) is 0 Å². The average molecular weight is 168 g/mol. The highest BCUT2D eigenvalue weighted by Gasteiger charge is 2.18. The second-order valence-corrected chi connectivity index (χ2v) is 4.28. The van der Waals surface area contributed by atoms with Crippen LogP contribution in [0.3, 0.4) is 0 Å². The lowest BCUT2D eigenvalue weighted by Gasteiger charge is -2.21. The van der Waals surface area contributed by atoms with E-state index in [9.17, 15) is 0 Å². The van der Waals surface area contributed by atoms with Crippen LogP contribution in [0.5, 0.6) is 0 Å². The number of nitrogens with zero attached hydrogens (tertiary/aromatic N) is 1. The number of rotatable bonds is 2. The van der Waals surface area contributed by atoms with E-state index in [0.717, 1.165) is 12.2 Å². The van der Waals surface area contributed by atoms with Crippen LogP contribution in [0.4, 0.5) is 0 Å². The molecule has 3 nitrogen and oxygen atoms in total. The summed E-state index contributed by atoms with van der Waals surface area (Å²) < 4.78 is 5.11. The van der Waals surface area contributed by atoms with E-state index < -0.39 is 0 Å². The minimum atomic E-state index is -0.0347. The predicted molar refractivity (Wildman–Crippen MR) is 47.5 cm³/mol. The Kier molecular flexibility index (Phi) is 2.52. The van der Waals surface area contributed by atoms with Crippen molar-refractivity contribution in [2.75, 3.05) is 0 Å². The molecule has 0 fully saturated rings. The molecule has 68 valence electrons. The molecule has 0 radical (unpaired) electrons. The highest BCUT2D eigenvalue weighted by atomic mass is 16.3. The second kappa shape index (κ2) is 3.27. The molecule has 0 aromatic carbocycles. The first-order valence-corrected chi connectivity index (χ1v) is 4.13. The zero-order valence-corrected chi connectivity index (χ0v) is 7.87. The molecule has 2 N–H and O–H groups in total. The molecule has 12 heavy (non-hydrogen) atoms. The Morgan fingerprint density at radius 2 is 2.25 bits per heavy atom. The number of nitrogens with two attached hydrogens (primary N) is 1. The van der Waals surface area contributed by atoms with Crippen LogP contribution in [0.1, 0.15) is 39.0 Å². The SMILES string of the molecule is CC(C)(C)CC(N)c1cnco1. The van der Waals surface area contributed by atoms with E-state index in [4.69, 9.17) is 10.2 Å². The monoisotopic (exact) mass is 168 g/mol. The zero-order chi connectivity index (χ0) is 9.19. The van der Waals surface area contributed by atoms with Gasteiger partial charge in [0.2, 0.25) is 0 Å². The average Bonchev–Trinajstić information content (AvgIpc) is 2.32. The van der Waals surface area contributed by atoms with E-state index in [1.165, 1.54) is 6.39 Å². The van der Waals surface area contributed by atoms with E-state index in [-0.39, 0.29) is 11.5 Å².